The van der Waals surface area contributed by atoms with E-state index >= 15 is 0 Å². The van der Waals surface area contributed by atoms with Crippen LogP contribution in [0.1, 0.15) is 53.0 Å². The molecule has 170 valence electrons. The minimum atomic E-state index is -0.601. The first kappa shape index (κ1) is 23.5. The molecular weight excluding hydrogens is 404 g/mol. The van der Waals surface area contributed by atoms with Crippen molar-refractivity contribution in [1.29, 1.82) is 0 Å². The maximum absolute atomic E-state index is 13.2. The summed E-state index contributed by atoms with van der Waals surface area (Å²) in [4.78, 5) is 40.6. The molecule has 6 nitrogen and oxygen atoms in total. The second kappa shape index (κ2) is 10.4. The van der Waals surface area contributed by atoms with Gasteiger partial charge in [-0.05, 0) is 61.6 Å². The maximum atomic E-state index is 13.2. The van der Waals surface area contributed by atoms with Crippen LogP contribution in [0.3, 0.4) is 0 Å². The Hall–Kier alpha value is -3.15. The van der Waals surface area contributed by atoms with E-state index in [1.165, 1.54) is 0 Å². The monoisotopic (exact) mass is 436 g/mol. The van der Waals surface area contributed by atoms with E-state index in [4.69, 9.17) is 4.74 Å². The molecule has 1 saturated heterocycles. The molecule has 32 heavy (non-hydrogen) atoms. The van der Waals surface area contributed by atoms with E-state index < -0.39 is 6.04 Å². The summed E-state index contributed by atoms with van der Waals surface area (Å²) >= 11 is 0. The molecule has 1 aliphatic rings. The highest BCUT2D eigenvalue weighted by Gasteiger charge is 2.33. The highest BCUT2D eigenvalue weighted by atomic mass is 16.5. The number of benzene rings is 2. The fraction of sp³-hybridized carbons (Fsp3) is 0.423. The molecule has 2 aromatic carbocycles. The number of aryl methyl sites for hydroxylation is 1. The van der Waals surface area contributed by atoms with Crippen LogP contribution in [-0.2, 0) is 4.79 Å². The SMILES string of the molecule is COc1ccc(C(=O)C2CCN(C(=O)C(NC(=O)c3ccccc3C)C(C)C)CC2)cc1. The lowest BCUT2D eigenvalue weighted by Crippen LogP contribution is -2.53. The molecule has 1 N–H and O–H groups in total. The molecule has 0 aromatic heterocycles. The Labute approximate surface area is 189 Å². The molecule has 1 unspecified atom stereocenters. The lowest BCUT2D eigenvalue weighted by Gasteiger charge is -2.35. The third-order valence-electron chi connectivity index (χ3n) is 6.16. The highest BCUT2D eigenvalue weighted by Crippen LogP contribution is 2.24. The van der Waals surface area contributed by atoms with Gasteiger partial charge in [0.2, 0.25) is 5.91 Å². The van der Waals surface area contributed by atoms with E-state index in [9.17, 15) is 14.4 Å². The summed E-state index contributed by atoms with van der Waals surface area (Å²) in [6.45, 7) is 6.76. The number of Topliss-reactive ketones (excluding diaryl/α,β-unsaturated/α-hetero) is 1. The zero-order valence-corrected chi connectivity index (χ0v) is 19.3. The number of amides is 2. The van der Waals surface area contributed by atoms with Crippen LogP contribution in [0, 0.1) is 18.8 Å². The first-order valence-corrected chi connectivity index (χ1v) is 11.2. The van der Waals surface area contributed by atoms with Gasteiger partial charge in [0.05, 0.1) is 7.11 Å². The minimum Gasteiger partial charge on any atom is -0.497 e. The highest BCUT2D eigenvalue weighted by molar-refractivity contribution is 5.99. The largest absolute Gasteiger partial charge is 0.497 e. The van der Waals surface area contributed by atoms with E-state index in [0.717, 1.165) is 11.3 Å². The summed E-state index contributed by atoms with van der Waals surface area (Å²) in [7, 11) is 1.59. The molecule has 0 bridgehead atoms. The van der Waals surface area contributed by atoms with Crippen LogP contribution in [0.25, 0.3) is 0 Å². The number of carbonyl (C=O) groups excluding carboxylic acids is 3. The van der Waals surface area contributed by atoms with Crippen molar-refractivity contribution in [3.05, 3.63) is 65.2 Å². The number of methoxy groups -OCH3 is 1. The smallest absolute Gasteiger partial charge is 0.252 e. The van der Waals surface area contributed by atoms with Gasteiger partial charge in [0.1, 0.15) is 11.8 Å². The van der Waals surface area contributed by atoms with Gasteiger partial charge < -0.3 is 15.0 Å². The Morgan fingerprint density at radius 1 is 1.00 bits per heavy atom. The van der Waals surface area contributed by atoms with Gasteiger partial charge in [-0.15, -0.1) is 0 Å². The Morgan fingerprint density at radius 2 is 1.62 bits per heavy atom. The predicted octanol–water partition coefficient (Wildman–Crippen LogP) is 3.88. The van der Waals surface area contributed by atoms with E-state index in [0.29, 0.717) is 37.1 Å². The van der Waals surface area contributed by atoms with E-state index in [1.54, 1.807) is 42.3 Å². The Morgan fingerprint density at radius 3 is 2.19 bits per heavy atom. The number of nitrogens with one attached hydrogen (secondary N) is 1. The number of ketones is 1. The lowest BCUT2D eigenvalue weighted by atomic mass is 9.88. The summed E-state index contributed by atoms with van der Waals surface area (Å²) in [6, 6.07) is 13.9. The second-order valence-electron chi connectivity index (χ2n) is 8.70. The summed E-state index contributed by atoms with van der Waals surface area (Å²) in [5.74, 6) is 0.347. The number of nitrogens with zero attached hydrogens (tertiary/aromatic N) is 1. The third-order valence-corrected chi connectivity index (χ3v) is 6.16. The molecule has 2 aromatic rings. The molecule has 1 heterocycles. The summed E-state index contributed by atoms with van der Waals surface area (Å²) < 4.78 is 5.15. The maximum Gasteiger partial charge on any atom is 0.252 e. The summed E-state index contributed by atoms with van der Waals surface area (Å²) in [5, 5.41) is 2.93. The van der Waals surface area contributed by atoms with Crippen LogP contribution in [-0.4, -0.2) is 48.7 Å². The fourth-order valence-corrected chi connectivity index (χ4v) is 4.11. The van der Waals surface area contributed by atoms with Gasteiger partial charge >= 0.3 is 0 Å². The molecule has 6 heteroatoms. The molecule has 2 amide bonds. The standard InChI is InChI=1S/C26H32N2O4/c1-17(2)23(27-25(30)22-8-6-5-7-18(22)3)26(31)28-15-13-20(14-16-28)24(29)19-9-11-21(32-4)12-10-19/h5-12,17,20,23H,13-16H2,1-4H3,(H,27,30). The molecule has 1 atom stereocenters. The minimum absolute atomic E-state index is 0.0471. The molecule has 3 rings (SSSR count). The van der Waals surface area contributed by atoms with Gasteiger partial charge in [-0.2, -0.15) is 0 Å². The van der Waals surface area contributed by atoms with Gasteiger partial charge in [-0.1, -0.05) is 32.0 Å². The summed E-state index contributed by atoms with van der Waals surface area (Å²) in [5.41, 5.74) is 2.12. The lowest BCUT2D eigenvalue weighted by molar-refractivity contribution is -0.135. The third kappa shape index (κ3) is 5.36. The van der Waals surface area contributed by atoms with E-state index in [-0.39, 0.29) is 29.4 Å². The van der Waals surface area contributed by atoms with Crippen LogP contribution in [0.2, 0.25) is 0 Å². The number of hydrogen-bond donors (Lipinski definition) is 1. The van der Waals surface area contributed by atoms with Crippen LogP contribution in [0.4, 0.5) is 0 Å². The first-order valence-electron chi connectivity index (χ1n) is 11.2. The molecule has 0 saturated carbocycles. The Bertz CT molecular complexity index is 960. The van der Waals surface area contributed by atoms with Crippen LogP contribution in [0.15, 0.2) is 48.5 Å². The zero-order chi connectivity index (χ0) is 23.3. The van der Waals surface area contributed by atoms with Gasteiger partial charge in [-0.25, -0.2) is 0 Å². The van der Waals surface area contributed by atoms with Crippen LogP contribution in [0.5, 0.6) is 5.75 Å². The van der Waals surface area contributed by atoms with Gasteiger partial charge in [-0.3, -0.25) is 14.4 Å². The molecular formula is C26H32N2O4. The quantitative estimate of drug-likeness (QED) is 0.669. The van der Waals surface area contributed by atoms with Crippen molar-refractivity contribution in [3.63, 3.8) is 0 Å². The number of carbonyl (C=O) groups is 3. The number of rotatable bonds is 7. The van der Waals surface area contributed by atoms with Crippen molar-refractivity contribution < 1.29 is 19.1 Å². The predicted molar refractivity (Wildman–Crippen MR) is 124 cm³/mol. The van der Waals surface area contributed by atoms with E-state index in [1.807, 2.05) is 39.0 Å². The number of ether oxygens (including phenoxy) is 1. The van der Waals surface area contributed by atoms with Crippen molar-refractivity contribution in [1.82, 2.24) is 10.2 Å². The van der Waals surface area contributed by atoms with Crippen molar-refractivity contribution in [2.24, 2.45) is 11.8 Å². The van der Waals surface area contributed by atoms with Gasteiger partial charge in [0.25, 0.3) is 5.91 Å². The summed E-state index contributed by atoms with van der Waals surface area (Å²) in [6.07, 6.45) is 1.24. The van der Waals surface area contributed by atoms with Crippen molar-refractivity contribution in [2.75, 3.05) is 20.2 Å². The molecule has 0 aliphatic carbocycles. The fourth-order valence-electron chi connectivity index (χ4n) is 4.11. The average Bonchev–Trinajstić information content (AvgIpc) is 2.81. The molecule has 1 aliphatic heterocycles. The zero-order valence-electron chi connectivity index (χ0n) is 19.3. The topological polar surface area (TPSA) is 75.7 Å². The number of likely N-dealkylation sites (tertiary alicyclic amines) is 1. The number of hydrogen-bond acceptors (Lipinski definition) is 4. The van der Waals surface area contributed by atoms with Crippen LogP contribution >= 0.6 is 0 Å². The van der Waals surface area contributed by atoms with Crippen molar-refractivity contribution in [2.45, 2.75) is 39.7 Å². The molecule has 0 radical (unpaired) electrons. The molecule has 0 spiro atoms. The van der Waals surface area contributed by atoms with Crippen LogP contribution < -0.4 is 10.1 Å². The molecule has 1 fully saturated rings. The second-order valence-corrected chi connectivity index (χ2v) is 8.70. The first-order chi connectivity index (χ1) is 15.3. The van der Waals surface area contributed by atoms with Gasteiger partial charge in [0, 0.05) is 30.1 Å². The van der Waals surface area contributed by atoms with Gasteiger partial charge in [0.15, 0.2) is 5.78 Å². The van der Waals surface area contributed by atoms with E-state index in [2.05, 4.69) is 5.32 Å². The average molecular weight is 437 g/mol. The number of piperidine rings is 1. The Balaban J connectivity index is 1.61. The normalized spacial score (nSPS) is 15.3. The Kier molecular flexibility index (Phi) is 7.67. The van der Waals surface area contributed by atoms with Crippen molar-refractivity contribution in [3.8, 4) is 5.75 Å². The van der Waals surface area contributed by atoms with Crippen molar-refractivity contribution >= 4 is 17.6 Å².